The van der Waals surface area contributed by atoms with Crippen molar-refractivity contribution in [2.75, 3.05) is 5.32 Å². The zero-order valence-electron chi connectivity index (χ0n) is 11.1. The molecule has 3 aromatic rings. The van der Waals surface area contributed by atoms with Crippen LogP contribution in [0.25, 0.3) is 11.1 Å². The van der Waals surface area contributed by atoms with E-state index in [4.69, 9.17) is 11.6 Å². The fraction of sp³-hybridized carbons (Fsp3) is 0.0588. The first kappa shape index (κ1) is 14.6. The second-order valence-corrected chi connectivity index (χ2v) is 6.96. The highest BCUT2D eigenvalue weighted by atomic mass is 79.9. The SMILES string of the molecule is Clc1cc(Br)ccc1NCc1cc(-c2ccccc2)cs1. The molecular weight excluding hydrogens is 366 g/mol. The minimum atomic E-state index is 0.726. The van der Waals surface area contributed by atoms with E-state index in [-0.39, 0.29) is 0 Å². The molecule has 0 saturated carbocycles. The van der Waals surface area contributed by atoms with Gasteiger partial charge >= 0.3 is 0 Å². The molecule has 2 aromatic carbocycles. The first-order valence-corrected chi connectivity index (χ1v) is 8.59. The van der Waals surface area contributed by atoms with Gasteiger partial charge in [-0.3, -0.25) is 0 Å². The topological polar surface area (TPSA) is 12.0 Å². The highest BCUT2D eigenvalue weighted by Crippen LogP contribution is 2.28. The van der Waals surface area contributed by atoms with Crippen molar-refractivity contribution in [2.45, 2.75) is 6.54 Å². The summed E-state index contributed by atoms with van der Waals surface area (Å²) in [7, 11) is 0. The van der Waals surface area contributed by atoms with Gasteiger partial charge in [0, 0.05) is 15.9 Å². The zero-order valence-corrected chi connectivity index (χ0v) is 14.3. The molecule has 0 aliphatic carbocycles. The third kappa shape index (κ3) is 3.67. The number of halogens is 2. The van der Waals surface area contributed by atoms with Gasteiger partial charge in [-0.05, 0) is 40.8 Å². The van der Waals surface area contributed by atoms with E-state index in [0.717, 1.165) is 21.7 Å². The Bertz CT molecular complexity index is 740. The highest BCUT2D eigenvalue weighted by Gasteiger charge is 2.04. The summed E-state index contributed by atoms with van der Waals surface area (Å²) in [5.41, 5.74) is 3.47. The van der Waals surface area contributed by atoms with E-state index in [2.05, 4.69) is 57.0 Å². The van der Waals surface area contributed by atoms with Gasteiger partial charge < -0.3 is 5.32 Å². The second-order valence-electron chi connectivity index (χ2n) is 4.65. The van der Waals surface area contributed by atoms with Gasteiger partial charge in [-0.2, -0.15) is 0 Å². The zero-order chi connectivity index (χ0) is 14.7. The Morgan fingerprint density at radius 3 is 2.57 bits per heavy atom. The largest absolute Gasteiger partial charge is 0.379 e. The Balaban J connectivity index is 1.70. The summed E-state index contributed by atoms with van der Waals surface area (Å²) in [5.74, 6) is 0. The summed E-state index contributed by atoms with van der Waals surface area (Å²) in [5, 5.41) is 6.30. The van der Waals surface area contributed by atoms with Crippen molar-refractivity contribution in [2.24, 2.45) is 0 Å². The summed E-state index contributed by atoms with van der Waals surface area (Å²) in [6, 6.07) is 18.5. The van der Waals surface area contributed by atoms with Gasteiger partial charge in [-0.15, -0.1) is 11.3 Å². The lowest BCUT2D eigenvalue weighted by atomic mass is 10.1. The molecule has 0 fully saturated rings. The Labute approximate surface area is 141 Å². The monoisotopic (exact) mass is 377 g/mol. The van der Waals surface area contributed by atoms with Crippen LogP contribution in [0.2, 0.25) is 5.02 Å². The molecule has 1 aromatic heterocycles. The Kier molecular flexibility index (Phi) is 4.63. The first-order valence-electron chi connectivity index (χ1n) is 6.54. The van der Waals surface area contributed by atoms with E-state index in [0.29, 0.717) is 0 Å². The summed E-state index contributed by atoms with van der Waals surface area (Å²) >= 11 is 11.4. The van der Waals surface area contributed by atoms with Crippen molar-refractivity contribution in [3.63, 3.8) is 0 Å². The lowest BCUT2D eigenvalue weighted by molar-refractivity contribution is 1.19. The maximum Gasteiger partial charge on any atom is 0.0648 e. The van der Waals surface area contributed by atoms with Crippen LogP contribution < -0.4 is 5.32 Å². The molecule has 106 valence electrons. The van der Waals surface area contributed by atoms with Crippen molar-refractivity contribution < 1.29 is 0 Å². The van der Waals surface area contributed by atoms with Crippen LogP contribution in [0.3, 0.4) is 0 Å². The van der Waals surface area contributed by atoms with E-state index in [1.165, 1.54) is 16.0 Å². The lowest BCUT2D eigenvalue weighted by Crippen LogP contribution is -1.97. The average molecular weight is 379 g/mol. The van der Waals surface area contributed by atoms with Crippen molar-refractivity contribution in [3.8, 4) is 11.1 Å². The van der Waals surface area contributed by atoms with Gasteiger partial charge in [0.05, 0.1) is 10.7 Å². The molecular formula is C17H13BrClNS. The van der Waals surface area contributed by atoms with Gasteiger partial charge in [0.2, 0.25) is 0 Å². The number of thiophene rings is 1. The third-order valence-corrected chi connectivity index (χ3v) is 4.89. The van der Waals surface area contributed by atoms with Crippen LogP contribution in [0.15, 0.2) is 64.5 Å². The van der Waals surface area contributed by atoms with Crippen molar-refractivity contribution in [3.05, 3.63) is 74.3 Å². The lowest BCUT2D eigenvalue weighted by Gasteiger charge is -2.07. The molecule has 4 heteroatoms. The molecule has 0 atom stereocenters. The molecule has 0 saturated heterocycles. The van der Waals surface area contributed by atoms with Crippen LogP contribution in [0, 0.1) is 0 Å². The van der Waals surface area contributed by atoms with E-state index < -0.39 is 0 Å². The predicted octanol–water partition coefficient (Wildman–Crippen LogP) is 6.44. The molecule has 21 heavy (non-hydrogen) atoms. The van der Waals surface area contributed by atoms with Gasteiger partial charge in [0.1, 0.15) is 0 Å². The minimum Gasteiger partial charge on any atom is -0.379 e. The number of hydrogen-bond acceptors (Lipinski definition) is 2. The highest BCUT2D eigenvalue weighted by molar-refractivity contribution is 9.10. The van der Waals surface area contributed by atoms with Crippen LogP contribution >= 0.6 is 38.9 Å². The number of benzene rings is 2. The van der Waals surface area contributed by atoms with Crippen LogP contribution in [0.4, 0.5) is 5.69 Å². The van der Waals surface area contributed by atoms with E-state index in [9.17, 15) is 0 Å². The standard InChI is InChI=1S/C17H13BrClNS/c18-14-6-7-17(16(19)9-14)20-10-15-8-13(11-21-15)12-4-2-1-3-5-12/h1-9,11,20H,10H2. The van der Waals surface area contributed by atoms with Crippen LogP contribution in [-0.2, 0) is 6.54 Å². The summed E-state index contributed by atoms with van der Waals surface area (Å²) < 4.78 is 0.987. The van der Waals surface area contributed by atoms with Crippen molar-refractivity contribution in [1.29, 1.82) is 0 Å². The molecule has 1 heterocycles. The molecule has 0 bridgehead atoms. The Morgan fingerprint density at radius 1 is 1.00 bits per heavy atom. The molecule has 0 aliphatic heterocycles. The normalized spacial score (nSPS) is 10.6. The van der Waals surface area contributed by atoms with Crippen LogP contribution in [0.1, 0.15) is 4.88 Å². The van der Waals surface area contributed by atoms with Crippen molar-refractivity contribution >= 4 is 44.6 Å². The number of hydrogen-bond donors (Lipinski definition) is 1. The summed E-state index contributed by atoms with van der Waals surface area (Å²) in [6.45, 7) is 0.777. The number of rotatable bonds is 4. The predicted molar refractivity (Wildman–Crippen MR) is 96.2 cm³/mol. The molecule has 0 aliphatic rings. The van der Waals surface area contributed by atoms with Gasteiger partial charge in [0.25, 0.3) is 0 Å². The summed E-state index contributed by atoms with van der Waals surface area (Å²) in [4.78, 5) is 1.29. The molecule has 0 spiro atoms. The van der Waals surface area contributed by atoms with Gasteiger partial charge in [-0.25, -0.2) is 0 Å². The van der Waals surface area contributed by atoms with Crippen LogP contribution in [-0.4, -0.2) is 0 Å². The van der Waals surface area contributed by atoms with Crippen LogP contribution in [0.5, 0.6) is 0 Å². The molecule has 0 amide bonds. The molecule has 1 N–H and O–H groups in total. The fourth-order valence-electron chi connectivity index (χ4n) is 2.07. The minimum absolute atomic E-state index is 0.726. The average Bonchev–Trinajstić information content (AvgIpc) is 2.96. The third-order valence-electron chi connectivity index (χ3n) is 3.15. The van der Waals surface area contributed by atoms with Gasteiger partial charge in [0.15, 0.2) is 0 Å². The maximum atomic E-state index is 6.21. The van der Waals surface area contributed by atoms with E-state index >= 15 is 0 Å². The Morgan fingerprint density at radius 2 is 1.81 bits per heavy atom. The number of anilines is 1. The van der Waals surface area contributed by atoms with E-state index in [1.54, 1.807) is 11.3 Å². The number of nitrogens with one attached hydrogen (secondary N) is 1. The quantitative estimate of drug-likeness (QED) is 0.550. The first-order chi connectivity index (χ1) is 10.2. The molecule has 3 rings (SSSR count). The molecule has 0 unspecified atom stereocenters. The second kappa shape index (κ2) is 6.65. The molecule has 0 radical (unpaired) electrons. The maximum absolute atomic E-state index is 6.21. The van der Waals surface area contributed by atoms with E-state index in [1.807, 2.05) is 24.3 Å². The van der Waals surface area contributed by atoms with Crippen molar-refractivity contribution in [1.82, 2.24) is 0 Å². The molecule has 1 nitrogen and oxygen atoms in total. The Hall–Kier alpha value is -1.29. The van der Waals surface area contributed by atoms with Gasteiger partial charge in [-0.1, -0.05) is 57.9 Å². The summed E-state index contributed by atoms with van der Waals surface area (Å²) in [6.07, 6.45) is 0. The fourth-order valence-corrected chi connectivity index (χ4v) is 3.64. The smallest absolute Gasteiger partial charge is 0.0648 e.